The third-order valence-electron chi connectivity index (χ3n) is 4.92. The lowest BCUT2D eigenvalue weighted by Crippen LogP contribution is -2.57. The first kappa shape index (κ1) is 22.4. The standard InChI is InChI=1S/C18H23F3N4O2.ClH/c19-18(20,21)15(24-9-6-22-7-10-24)12-23-17(27)13-3-1-4-14(11-13)25-8-2-5-16(25)26;/h1,3-4,11,15,22H,2,5-10,12H2,(H,23,27);1H. The summed E-state index contributed by atoms with van der Waals surface area (Å²) in [6.45, 7) is 1.64. The molecule has 0 aromatic heterocycles. The van der Waals surface area contributed by atoms with Crippen molar-refractivity contribution in [2.24, 2.45) is 0 Å². The SMILES string of the molecule is Cl.O=C(NCC(N1CCNCC1)C(F)(F)F)c1cccc(N2CCCC2=O)c1. The third kappa shape index (κ3) is 5.36. The van der Waals surface area contributed by atoms with Gasteiger partial charge in [-0.05, 0) is 24.6 Å². The second kappa shape index (κ2) is 9.58. The van der Waals surface area contributed by atoms with Crippen LogP contribution >= 0.6 is 12.4 Å². The van der Waals surface area contributed by atoms with Gasteiger partial charge < -0.3 is 15.5 Å². The Hall–Kier alpha value is -1.84. The zero-order valence-electron chi connectivity index (χ0n) is 15.3. The summed E-state index contributed by atoms with van der Waals surface area (Å²) in [7, 11) is 0. The highest BCUT2D eigenvalue weighted by Gasteiger charge is 2.43. The van der Waals surface area contributed by atoms with Gasteiger partial charge in [-0.2, -0.15) is 13.2 Å². The number of rotatable bonds is 5. The molecule has 2 N–H and O–H groups in total. The van der Waals surface area contributed by atoms with Gasteiger partial charge in [0.1, 0.15) is 6.04 Å². The van der Waals surface area contributed by atoms with E-state index in [2.05, 4.69) is 10.6 Å². The van der Waals surface area contributed by atoms with Crippen molar-refractivity contribution in [3.63, 3.8) is 0 Å². The number of halogens is 4. The van der Waals surface area contributed by atoms with Crippen LogP contribution in [0.25, 0.3) is 0 Å². The molecule has 2 aliphatic heterocycles. The zero-order valence-corrected chi connectivity index (χ0v) is 16.1. The molecule has 2 heterocycles. The van der Waals surface area contributed by atoms with E-state index in [4.69, 9.17) is 0 Å². The molecule has 1 aromatic carbocycles. The molecule has 0 aliphatic carbocycles. The van der Waals surface area contributed by atoms with Gasteiger partial charge >= 0.3 is 6.18 Å². The first-order valence-corrected chi connectivity index (χ1v) is 9.06. The van der Waals surface area contributed by atoms with Crippen LogP contribution in [0.1, 0.15) is 23.2 Å². The van der Waals surface area contributed by atoms with Gasteiger partial charge in [0, 0.05) is 56.9 Å². The topological polar surface area (TPSA) is 64.7 Å². The summed E-state index contributed by atoms with van der Waals surface area (Å²) in [5, 5.41) is 5.43. The molecule has 6 nitrogen and oxygen atoms in total. The minimum atomic E-state index is -4.42. The molecule has 0 saturated carbocycles. The summed E-state index contributed by atoms with van der Waals surface area (Å²) in [6, 6.07) is 4.72. The van der Waals surface area contributed by atoms with Crippen LogP contribution in [0.2, 0.25) is 0 Å². The Morgan fingerprint density at radius 3 is 2.54 bits per heavy atom. The van der Waals surface area contributed by atoms with Crippen molar-refractivity contribution in [3.8, 4) is 0 Å². The average molecular weight is 421 g/mol. The van der Waals surface area contributed by atoms with Gasteiger partial charge in [-0.1, -0.05) is 6.07 Å². The molecule has 2 saturated heterocycles. The number of nitrogens with zero attached hydrogens (tertiary/aromatic N) is 2. The Morgan fingerprint density at radius 2 is 1.93 bits per heavy atom. The van der Waals surface area contributed by atoms with Crippen molar-refractivity contribution < 1.29 is 22.8 Å². The molecule has 28 heavy (non-hydrogen) atoms. The molecule has 0 spiro atoms. The average Bonchev–Trinajstić information content (AvgIpc) is 3.07. The monoisotopic (exact) mass is 420 g/mol. The molecular formula is C18H24ClF3N4O2. The highest BCUT2D eigenvalue weighted by atomic mass is 35.5. The van der Waals surface area contributed by atoms with Crippen molar-refractivity contribution in [3.05, 3.63) is 29.8 Å². The normalized spacial score (nSPS) is 19.2. The molecule has 2 amide bonds. The molecular weight excluding hydrogens is 397 g/mol. The van der Waals surface area contributed by atoms with Gasteiger partial charge in [0.05, 0.1) is 0 Å². The lowest BCUT2D eigenvalue weighted by Gasteiger charge is -2.35. The number of piperazine rings is 1. The molecule has 1 unspecified atom stereocenters. The van der Waals surface area contributed by atoms with Gasteiger partial charge in [0.15, 0.2) is 0 Å². The number of amides is 2. The second-order valence-corrected chi connectivity index (χ2v) is 6.75. The molecule has 156 valence electrons. The maximum absolute atomic E-state index is 13.4. The maximum atomic E-state index is 13.4. The first-order chi connectivity index (χ1) is 12.9. The number of alkyl halides is 3. The minimum Gasteiger partial charge on any atom is -0.350 e. The van der Waals surface area contributed by atoms with E-state index < -0.39 is 24.7 Å². The molecule has 1 atom stereocenters. The van der Waals surface area contributed by atoms with Gasteiger partial charge in [-0.15, -0.1) is 12.4 Å². The molecule has 3 rings (SSSR count). The smallest absolute Gasteiger partial charge is 0.350 e. The van der Waals surface area contributed by atoms with Gasteiger partial charge in [-0.25, -0.2) is 0 Å². The molecule has 0 radical (unpaired) electrons. The zero-order chi connectivity index (χ0) is 19.4. The quantitative estimate of drug-likeness (QED) is 0.762. The number of carbonyl (C=O) groups is 2. The van der Waals surface area contributed by atoms with Crippen molar-refractivity contribution in [1.29, 1.82) is 0 Å². The van der Waals surface area contributed by atoms with Crippen LogP contribution in [0.15, 0.2) is 24.3 Å². The number of hydrogen-bond acceptors (Lipinski definition) is 4. The Labute approximate surface area is 167 Å². The number of nitrogens with one attached hydrogen (secondary N) is 2. The van der Waals surface area contributed by atoms with E-state index in [1.807, 2.05) is 0 Å². The predicted octanol–water partition coefficient (Wildman–Crippen LogP) is 1.80. The predicted molar refractivity (Wildman–Crippen MR) is 102 cm³/mol. The summed E-state index contributed by atoms with van der Waals surface area (Å²) in [4.78, 5) is 27.2. The number of benzene rings is 1. The highest BCUT2D eigenvalue weighted by molar-refractivity contribution is 5.99. The fraction of sp³-hybridized carbons (Fsp3) is 0.556. The van der Waals surface area contributed by atoms with Crippen LogP contribution in [0.3, 0.4) is 0 Å². The largest absolute Gasteiger partial charge is 0.405 e. The van der Waals surface area contributed by atoms with E-state index in [1.165, 1.54) is 11.0 Å². The number of anilines is 1. The minimum absolute atomic E-state index is 0. The summed E-state index contributed by atoms with van der Waals surface area (Å²) >= 11 is 0. The van der Waals surface area contributed by atoms with Crippen molar-refractivity contribution in [2.75, 3.05) is 44.2 Å². The summed E-state index contributed by atoms with van der Waals surface area (Å²) in [5.41, 5.74) is 0.841. The van der Waals surface area contributed by atoms with Crippen LogP contribution in [-0.2, 0) is 4.79 Å². The van der Waals surface area contributed by atoms with Crippen molar-refractivity contribution in [2.45, 2.75) is 25.1 Å². The fourth-order valence-electron chi connectivity index (χ4n) is 3.47. The number of carbonyl (C=O) groups excluding carboxylic acids is 2. The molecule has 10 heteroatoms. The van der Waals surface area contributed by atoms with Crippen LogP contribution in [-0.4, -0.2) is 68.2 Å². The van der Waals surface area contributed by atoms with E-state index in [0.717, 1.165) is 6.42 Å². The second-order valence-electron chi connectivity index (χ2n) is 6.75. The highest BCUT2D eigenvalue weighted by Crippen LogP contribution is 2.25. The molecule has 2 fully saturated rings. The van der Waals surface area contributed by atoms with Gasteiger partial charge in [-0.3, -0.25) is 14.5 Å². The van der Waals surface area contributed by atoms with E-state index in [1.54, 1.807) is 23.1 Å². The summed E-state index contributed by atoms with van der Waals surface area (Å²) in [5.74, 6) is -0.587. The number of hydrogen-bond donors (Lipinski definition) is 2. The fourth-order valence-corrected chi connectivity index (χ4v) is 3.47. The van der Waals surface area contributed by atoms with Gasteiger partial charge in [0.2, 0.25) is 5.91 Å². The Morgan fingerprint density at radius 1 is 1.21 bits per heavy atom. The molecule has 1 aromatic rings. The van der Waals surface area contributed by atoms with Crippen molar-refractivity contribution >= 4 is 29.9 Å². The Bertz CT molecular complexity index is 696. The lowest BCUT2D eigenvalue weighted by molar-refractivity contribution is -0.183. The molecule has 0 bridgehead atoms. The Kier molecular flexibility index (Phi) is 7.68. The van der Waals surface area contributed by atoms with E-state index in [-0.39, 0.29) is 37.0 Å². The third-order valence-corrected chi connectivity index (χ3v) is 4.92. The van der Waals surface area contributed by atoms with E-state index >= 15 is 0 Å². The van der Waals surface area contributed by atoms with Crippen LogP contribution < -0.4 is 15.5 Å². The Balaban J connectivity index is 0.00000280. The van der Waals surface area contributed by atoms with Crippen molar-refractivity contribution in [1.82, 2.24) is 15.5 Å². The van der Waals surface area contributed by atoms with Crippen LogP contribution in [0.4, 0.5) is 18.9 Å². The summed E-state index contributed by atoms with van der Waals surface area (Å²) < 4.78 is 40.2. The molecule has 2 aliphatic rings. The van der Waals surface area contributed by atoms with E-state index in [0.29, 0.717) is 31.7 Å². The maximum Gasteiger partial charge on any atom is 0.405 e. The first-order valence-electron chi connectivity index (χ1n) is 9.06. The van der Waals surface area contributed by atoms with Gasteiger partial charge in [0.25, 0.3) is 5.91 Å². The lowest BCUT2D eigenvalue weighted by atomic mass is 10.1. The van der Waals surface area contributed by atoms with Crippen LogP contribution in [0.5, 0.6) is 0 Å². The summed E-state index contributed by atoms with van der Waals surface area (Å²) in [6.07, 6.45) is -3.20. The van der Waals surface area contributed by atoms with E-state index in [9.17, 15) is 22.8 Å². The van der Waals surface area contributed by atoms with Crippen LogP contribution in [0, 0.1) is 0 Å².